The molecule has 0 aliphatic carbocycles. The predicted octanol–water partition coefficient (Wildman–Crippen LogP) is 0.761. The summed E-state index contributed by atoms with van der Waals surface area (Å²) in [7, 11) is 1.87. The molecule has 1 aliphatic heterocycles. The summed E-state index contributed by atoms with van der Waals surface area (Å²) < 4.78 is 5.58. The molecule has 1 saturated heterocycles. The molecule has 2 rings (SSSR count). The minimum absolute atomic E-state index is 0.00694. The Morgan fingerprint density at radius 3 is 3.05 bits per heavy atom. The van der Waals surface area contributed by atoms with E-state index >= 15 is 0 Å². The van der Waals surface area contributed by atoms with Gasteiger partial charge in [-0.1, -0.05) is 0 Å². The van der Waals surface area contributed by atoms with Crippen molar-refractivity contribution in [1.29, 1.82) is 0 Å². The van der Waals surface area contributed by atoms with Crippen molar-refractivity contribution in [3.05, 3.63) is 29.3 Å². The second kappa shape index (κ2) is 6.04. The number of likely N-dealkylation sites (N-methyl/N-ethyl adjacent to an activating group) is 1. The van der Waals surface area contributed by atoms with E-state index in [1.165, 1.54) is 0 Å². The minimum Gasteiger partial charge on any atom is -0.508 e. The Kier molecular flexibility index (Phi) is 4.39. The lowest BCUT2D eigenvalue weighted by Crippen LogP contribution is -2.48. The van der Waals surface area contributed by atoms with Gasteiger partial charge in [0, 0.05) is 25.2 Å². The zero-order valence-electron chi connectivity index (χ0n) is 11.3. The Morgan fingerprint density at radius 1 is 1.58 bits per heavy atom. The number of rotatable bonds is 3. The number of hydrogen-bond donors (Lipinski definition) is 2. The number of phenols is 1. The molecule has 0 radical (unpaired) electrons. The number of aryl methyl sites for hydroxylation is 1. The molecule has 1 amide bonds. The van der Waals surface area contributed by atoms with Crippen molar-refractivity contribution in [3.63, 3.8) is 0 Å². The molecule has 1 unspecified atom stereocenters. The monoisotopic (exact) mass is 264 g/mol. The lowest BCUT2D eigenvalue weighted by Gasteiger charge is -2.33. The van der Waals surface area contributed by atoms with Gasteiger partial charge in [-0.3, -0.25) is 4.79 Å². The van der Waals surface area contributed by atoms with E-state index in [0.717, 1.165) is 6.54 Å². The van der Waals surface area contributed by atoms with Crippen LogP contribution in [-0.2, 0) is 4.74 Å². The SMILES string of the molecule is CNCC1CN(C(=O)c2ccc(O)c(C)c2)CCO1. The molecule has 1 aliphatic rings. The molecule has 5 heteroatoms. The maximum absolute atomic E-state index is 12.4. The van der Waals surface area contributed by atoms with Crippen LogP contribution in [0.4, 0.5) is 0 Å². The average molecular weight is 264 g/mol. The normalized spacial score (nSPS) is 19.5. The molecule has 1 fully saturated rings. The molecule has 0 bridgehead atoms. The van der Waals surface area contributed by atoms with Crippen LogP contribution in [0, 0.1) is 6.92 Å². The van der Waals surface area contributed by atoms with Crippen molar-refractivity contribution in [3.8, 4) is 5.75 Å². The lowest BCUT2D eigenvalue weighted by molar-refractivity contribution is -0.0196. The van der Waals surface area contributed by atoms with Gasteiger partial charge in [0.15, 0.2) is 0 Å². The molecular weight excluding hydrogens is 244 g/mol. The maximum Gasteiger partial charge on any atom is 0.254 e. The first kappa shape index (κ1) is 13.8. The highest BCUT2D eigenvalue weighted by atomic mass is 16.5. The first-order chi connectivity index (χ1) is 9.11. The van der Waals surface area contributed by atoms with Crippen LogP contribution < -0.4 is 5.32 Å². The summed E-state index contributed by atoms with van der Waals surface area (Å²) in [5.41, 5.74) is 1.33. The third-order valence-corrected chi connectivity index (χ3v) is 3.30. The van der Waals surface area contributed by atoms with Crippen LogP contribution >= 0.6 is 0 Å². The minimum atomic E-state index is -0.00694. The van der Waals surface area contributed by atoms with E-state index in [2.05, 4.69) is 5.32 Å². The number of benzene rings is 1. The molecule has 5 nitrogen and oxygen atoms in total. The van der Waals surface area contributed by atoms with Gasteiger partial charge in [-0.05, 0) is 37.7 Å². The summed E-state index contributed by atoms with van der Waals surface area (Å²) in [4.78, 5) is 14.2. The van der Waals surface area contributed by atoms with Crippen molar-refractivity contribution in [2.75, 3.05) is 33.3 Å². The molecule has 0 aromatic heterocycles. The second-order valence-electron chi connectivity index (χ2n) is 4.80. The highest BCUT2D eigenvalue weighted by molar-refractivity contribution is 5.94. The third kappa shape index (κ3) is 3.24. The van der Waals surface area contributed by atoms with Gasteiger partial charge in [0.1, 0.15) is 5.75 Å². The number of nitrogens with zero attached hydrogens (tertiary/aromatic N) is 1. The van der Waals surface area contributed by atoms with Crippen LogP contribution in [0.25, 0.3) is 0 Å². The fraction of sp³-hybridized carbons (Fsp3) is 0.500. The average Bonchev–Trinajstić information content (AvgIpc) is 2.42. The van der Waals surface area contributed by atoms with Crippen LogP contribution in [0.3, 0.4) is 0 Å². The van der Waals surface area contributed by atoms with Crippen molar-refractivity contribution in [2.24, 2.45) is 0 Å². The van der Waals surface area contributed by atoms with Gasteiger partial charge in [-0.2, -0.15) is 0 Å². The van der Waals surface area contributed by atoms with Gasteiger partial charge in [-0.25, -0.2) is 0 Å². The number of aromatic hydroxyl groups is 1. The van der Waals surface area contributed by atoms with Gasteiger partial charge in [0.2, 0.25) is 0 Å². The highest BCUT2D eigenvalue weighted by Crippen LogP contribution is 2.19. The maximum atomic E-state index is 12.4. The quantitative estimate of drug-likeness (QED) is 0.846. The predicted molar refractivity (Wildman–Crippen MR) is 72.4 cm³/mol. The highest BCUT2D eigenvalue weighted by Gasteiger charge is 2.24. The van der Waals surface area contributed by atoms with Crippen LogP contribution in [0.5, 0.6) is 5.75 Å². The van der Waals surface area contributed by atoms with Crippen molar-refractivity contribution >= 4 is 5.91 Å². The van der Waals surface area contributed by atoms with Crippen LogP contribution in [0.1, 0.15) is 15.9 Å². The molecule has 1 atom stereocenters. The summed E-state index contributed by atoms with van der Waals surface area (Å²) in [6.07, 6.45) is 0.0425. The van der Waals surface area contributed by atoms with Crippen molar-refractivity contribution in [2.45, 2.75) is 13.0 Å². The Hall–Kier alpha value is -1.59. The topological polar surface area (TPSA) is 61.8 Å². The van der Waals surface area contributed by atoms with E-state index < -0.39 is 0 Å². The van der Waals surface area contributed by atoms with Crippen molar-refractivity contribution in [1.82, 2.24) is 10.2 Å². The van der Waals surface area contributed by atoms with Gasteiger partial charge in [0.05, 0.1) is 12.7 Å². The Bertz CT molecular complexity index is 460. The number of amides is 1. The first-order valence-electron chi connectivity index (χ1n) is 6.47. The number of hydrogen-bond acceptors (Lipinski definition) is 4. The summed E-state index contributed by atoms with van der Waals surface area (Å²) in [5, 5.41) is 12.6. The lowest BCUT2D eigenvalue weighted by atomic mass is 10.1. The molecular formula is C14H20N2O3. The van der Waals surface area contributed by atoms with E-state index in [1.807, 2.05) is 7.05 Å². The molecule has 1 heterocycles. The zero-order valence-corrected chi connectivity index (χ0v) is 11.3. The molecule has 2 N–H and O–H groups in total. The van der Waals surface area contributed by atoms with Gasteiger partial charge in [-0.15, -0.1) is 0 Å². The number of phenolic OH excluding ortho intramolecular Hbond substituents is 1. The van der Waals surface area contributed by atoms with Gasteiger partial charge < -0.3 is 20.1 Å². The van der Waals surface area contributed by atoms with Crippen LogP contribution in [0.15, 0.2) is 18.2 Å². The van der Waals surface area contributed by atoms with Crippen molar-refractivity contribution < 1.29 is 14.6 Å². The van der Waals surface area contributed by atoms with Gasteiger partial charge >= 0.3 is 0 Å². The molecule has 1 aromatic rings. The fourth-order valence-corrected chi connectivity index (χ4v) is 2.23. The Labute approximate surface area is 113 Å². The zero-order chi connectivity index (χ0) is 13.8. The van der Waals surface area contributed by atoms with E-state index in [9.17, 15) is 9.90 Å². The number of carbonyl (C=O) groups is 1. The Morgan fingerprint density at radius 2 is 2.37 bits per heavy atom. The van der Waals surface area contributed by atoms with Gasteiger partial charge in [0.25, 0.3) is 5.91 Å². The van der Waals surface area contributed by atoms with E-state index in [4.69, 9.17) is 4.74 Å². The van der Waals surface area contributed by atoms with E-state index in [0.29, 0.717) is 30.8 Å². The standard InChI is InChI=1S/C14H20N2O3/c1-10-7-11(3-4-13(10)17)14(18)16-5-6-19-12(9-16)8-15-2/h3-4,7,12,15,17H,5-6,8-9H2,1-2H3. The summed E-state index contributed by atoms with van der Waals surface area (Å²) in [6, 6.07) is 4.95. The fourth-order valence-electron chi connectivity index (χ4n) is 2.23. The number of ether oxygens (including phenoxy) is 1. The summed E-state index contributed by atoms with van der Waals surface area (Å²) >= 11 is 0. The van der Waals surface area contributed by atoms with E-state index in [1.54, 1.807) is 30.0 Å². The second-order valence-corrected chi connectivity index (χ2v) is 4.80. The molecule has 19 heavy (non-hydrogen) atoms. The van der Waals surface area contributed by atoms with Crippen LogP contribution in [0.2, 0.25) is 0 Å². The first-order valence-corrected chi connectivity index (χ1v) is 6.47. The smallest absolute Gasteiger partial charge is 0.254 e. The van der Waals surface area contributed by atoms with Crippen LogP contribution in [-0.4, -0.2) is 55.3 Å². The summed E-state index contributed by atoms with van der Waals surface area (Å²) in [5.74, 6) is 0.207. The summed E-state index contributed by atoms with van der Waals surface area (Å²) in [6.45, 7) is 4.29. The Balaban J connectivity index is 2.08. The largest absolute Gasteiger partial charge is 0.508 e. The molecule has 1 aromatic carbocycles. The number of morpholine rings is 1. The molecule has 0 spiro atoms. The molecule has 0 saturated carbocycles. The number of carbonyl (C=O) groups excluding carboxylic acids is 1. The molecule has 104 valence electrons. The number of nitrogens with one attached hydrogen (secondary N) is 1. The third-order valence-electron chi connectivity index (χ3n) is 3.30. The van der Waals surface area contributed by atoms with E-state index in [-0.39, 0.29) is 17.8 Å².